The molecule has 0 N–H and O–H groups in total. The van der Waals surface area contributed by atoms with Gasteiger partial charge >= 0.3 is 0 Å². The number of hydrogen-bond donors (Lipinski definition) is 0. The van der Waals surface area contributed by atoms with E-state index in [4.69, 9.17) is 21.6 Å². The first kappa shape index (κ1) is 16.9. The molecule has 2 aromatic heterocycles. The molecule has 0 saturated heterocycles. The highest BCUT2D eigenvalue weighted by Crippen LogP contribution is 2.34. The fourth-order valence-electron chi connectivity index (χ4n) is 2.51. The Bertz CT molecular complexity index is 970. The first-order valence-corrected chi connectivity index (χ1v) is 7.48. The first-order chi connectivity index (χ1) is 12.0. The van der Waals surface area contributed by atoms with Crippen molar-refractivity contribution in [2.45, 2.75) is 6.92 Å². The van der Waals surface area contributed by atoms with Crippen LogP contribution in [-0.4, -0.2) is 21.6 Å². The van der Waals surface area contributed by atoms with Crippen LogP contribution in [0.5, 0.6) is 5.88 Å². The number of rotatable bonds is 3. The summed E-state index contributed by atoms with van der Waals surface area (Å²) in [4.78, 5) is 8.17. The third-order valence-corrected chi connectivity index (χ3v) is 3.86. The Morgan fingerprint density at radius 2 is 1.92 bits per heavy atom. The standard InChI is InChI=1S/C17H11ClF2N4O/c1-9-16(15-12(19)5-10(7-21)6-13(15)20)24(17(18)23-9)11-3-4-14(25-2)22-8-11/h3-6,8H,1-2H3. The highest BCUT2D eigenvalue weighted by Gasteiger charge is 2.23. The van der Waals surface area contributed by atoms with Gasteiger partial charge < -0.3 is 4.74 Å². The third-order valence-electron chi connectivity index (χ3n) is 3.61. The Balaban J connectivity index is 2.27. The molecule has 0 radical (unpaired) electrons. The van der Waals surface area contributed by atoms with Gasteiger partial charge in [-0.1, -0.05) is 0 Å². The van der Waals surface area contributed by atoms with Gasteiger partial charge in [-0.15, -0.1) is 0 Å². The summed E-state index contributed by atoms with van der Waals surface area (Å²) in [6.07, 6.45) is 1.45. The van der Waals surface area contributed by atoms with Gasteiger partial charge in [0.05, 0.1) is 47.6 Å². The Morgan fingerprint density at radius 3 is 2.44 bits per heavy atom. The molecule has 0 spiro atoms. The molecule has 0 saturated carbocycles. The highest BCUT2D eigenvalue weighted by molar-refractivity contribution is 6.29. The maximum absolute atomic E-state index is 14.5. The second-order valence-electron chi connectivity index (χ2n) is 5.14. The monoisotopic (exact) mass is 360 g/mol. The fourth-order valence-corrected chi connectivity index (χ4v) is 2.82. The van der Waals surface area contributed by atoms with E-state index in [1.165, 1.54) is 17.9 Å². The van der Waals surface area contributed by atoms with Gasteiger partial charge in [-0.25, -0.2) is 18.7 Å². The van der Waals surface area contributed by atoms with E-state index in [1.54, 1.807) is 25.1 Å². The molecule has 0 bridgehead atoms. The number of aryl methyl sites for hydroxylation is 1. The highest BCUT2D eigenvalue weighted by atomic mass is 35.5. The van der Waals surface area contributed by atoms with Gasteiger partial charge in [0.15, 0.2) is 0 Å². The van der Waals surface area contributed by atoms with Crippen LogP contribution in [0.15, 0.2) is 30.5 Å². The molecule has 25 heavy (non-hydrogen) atoms. The predicted octanol–water partition coefficient (Wildman–Crippen LogP) is 4.05. The van der Waals surface area contributed by atoms with Crippen LogP contribution in [-0.2, 0) is 0 Å². The summed E-state index contributed by atoms with van der Waals surface area (Å²) in [5.41, 5.74) is 0.524. The van der Waals surface area contributed by atoms with Gasteiger partial charge in [-0.3, -0.25) is 4.57 Å². The summed E-state index contributed by atoms with van der Waals surface area (Å²) < 4.78 is 35.3. The average Bonchev–Trinajstić information content (AvgIpc) is 2.88. The fraction of sp³-hybridized carbons (Fsp3) is 0.118. The molecule has 3 rings (SSSR count). The van der Waals surface area contributed by atoms with E-state index in [2.05, 4.69) is 9.97 Å². The summed E-state index contributed by atoms with van der Waals surface area (Å²) in [5.74, 6) is -1.37. The Morgan fingerprint density at radius 1 is 1.24 bits per heavy atom. The molecule has 1 aromatic carbocycles. The van der Waals surface area contributed by atoms with Crippen molar-refractivity contribution in [1.29, 1.82) is 5.26 Å². The first-order valence-electron chi connectivity index (χ1n) is 7.11. The van der Waals surface area contributed by atoms with Crippen molar-refractivity contribution in [1.82, 2.24) is 14.5 Å². The number of nitrogens with zero attached hydrogens (tertiary/aromatic N) is 4. The lowest BCUT2D eigenvalue weighted by atomic mass is 10.1. The van der Waals surface area contributed by atoms with Crippen molar-refractivity contribution in [3.8, 4) is 28.9 Å². The largest absolute Gasteiger partial charge is 0.481 e. The minimum absolute atomic E-state index is 0.0302. The van der Waals surface area contributed by atoms with Crippen molar-refractivity contribution in [3.63, 3.8) is 0 Å². The van der Waals surface area contributed by atoms with E-state index >= 15 is 0 Å². The minimum atomic E-state index is -0.876. The van der Waals surface area contributed by atoms with Crippen molar-refractivity contribution in [2.24, 2.45) is 0 Å². The van der Waals surface area contributed by atoms with E-state index in [9.17, 15) is 8.78 Å². The van der Waals surface area contributed by atoms with E-state index in [1.807, 2.05) is 0 Å². The summed E-state index contributed by atoms with van der Waals surface area (Å²) in [5, 5.41) is 8.88. The molecule has 0 unspecified atom stereocenters. The van der Waals surface area contributed by atoms with Crippen LogP contribution in [0, 0.1) is 29.9 Å². The number of aromatic nitrogens is 3. The minimum Gasteiger partial charge on any atom is -0.481 e. The lowest BCUT2D eigenvalue weighted by molar-refractivity contribution is 0.398. The second kappa shape index (κ2) is 6.49. The summed E-state index contributed by atoms with van der Waals surface area (Å²) >= 11 is 6.17. The number of methoxy groups -OCH3 is 1. The Hall–Kier alpha value is -2.98. The molecule has 3 aromatic rings. The van der Waals surface area contributed by atoms with Gasteiger partial charge in [-0.05, 0) is 36.7 Å². The van der Waals surface area contributed by atoms with E-state index in [0.717, 1.165) is 12.1 Å². The Kier molecular flexibility index (Phi) is 4.38. The van der Waals surface area contributed by atoms with E-state index in [-0.39, 0.29) is 22.1 Å². The molecule has 0 aliphatic rings. The van der Waals surface area contributed by atoms with Crippen LogP contribution in [0.2, 0.25) is 5.28 Å². The van der Waals surface area contributed by atoms with Crippen LogP contribution >= 0.6 is 11.6 Å². The molecule has 2 heterocycles. The number of pyridine rings is 1. The van der Waals surface area contributed by atoms with Crippen molar-refractivity contribution < 1.29 is 13.5 Å². The van der Waals surface area contributed by atoms with Crippen molar-refractivity contribution in [3.05, 3.63) is 58.6 Å². The molecule has 0 fully saturated rings. The lowest BCUT2D eigenvalue weighted by Crippen LogP contribution is -2.03. The average molecular weight is 361 g/mol. The summed E-state index contributed by atoms with van der Waals surface area (Å²) in [7, 11) is 1.48. The molecule has 0 atom stereocenters. The molecular weight excluding hydrogens is 350 g/mol. The zero-order chi connectivity index (χ0) is 18.1. The molecule has 0 aliphatic carbocycles. The second-order valence-corrected chi connectivity index (χ2v) is 5.47. The topological polar surface area (TPSA) is 63.7 Å². The molecule has 0 aliphatic heterocycles. The van der Waals surface area contributed by atoms with E-state index in [0.29, 0.717) is 17.3 Å². The lowest BCUT2D eigenvalue weighted by Gasteiger charge is -2.12. The van der Waals surface area contributed by atoms with Crippen LogP contribution in [0.25, 0.3) is 16.9 Å². The zero-order valence-electron chi connectivity index (χ0n) is 13.2. The van der Waals surface area contributed by atoms with Crippen LogP contribution in [0.1, 0.15) is 11.3 Å². The summed E-state index contributed by atoms with van der Waals surface area (Å²) in [6.45, 7) is 1.59. The van der Waals surface area contributed by atoms with Gasteiger partial charge in [0.2, 0.25) is 11.2 Å². The number of imidazole rings is 1. The number of halogens is 3. The predicted molar refractivity (Wildman–Crippen MR) is 87.7 cm³/mol. The molecule has 8 heteroatoms. The van der Waals surface area contributed by atoms with Crippen LogP contribution in [0.3, 0.4) is 0 Å². The number of benzene rings is 1. The quantitative estimate of drug-likeness (QED) is 0.706. The van der Waals surface area contributed by atoms with Gasteiger partial charge in [-0.2, -0.15) is 5.26 Å². The maximum atomic E-state index is 14.5. The molecule has 5 nitrogen and oxygen atoms in total. The molecule has 126 valence electrons. The number of hydrogen-bond acceptors (Lipinski definition) is 4. The van der Waals surface area contributed by atoms with Gasteiger partial charge in [0.25, 0.3) is 0 Å². The van der Waals surface area contributed by atoms with Crippen molar-refractivity contribution >= 4 is 11.6 Å². The number of ether oxygens (including phenoxy) is 1. The van der Waals surface area contributed by atoms with E-state index < -0.39 is 11.6 Å². The summed E-state index contributed by atoms with van der Waals surface area (Å²) in [6, 6.07) is 6.88. The van der Waals surface area contributed by atoms with Crippen LogP contribution < -0.4 is 4.74 Å². The molecule has 0 amide bonds. The SMILES string of the molecule is COc1ccc(-n2c(Cl)nc(C)c2-c2c(F)cc(C#N)cc2F)cn1. The number of nitriles is 1. The third kappa shape index (κ3) is 2.92. The normalized spacial score (nSPS) is 10.6. The van der Waals surface area contributed by atoms with Gasteiger partial charge in [0.1, 0.15) is 11.6 Å². The smallest absolute Gasteiger partial charge is 0.213 e. The maximum Gasteiger partial charge on any atom is 0.213 e. The van der Waals surface area contributed by atoms with Gasteiger partial charge in [0, 0.05) is 6.07 Å². The zero-order valence-corrected chi connectivity index (χ0v) is 14.0. The molecular formula is C17H11ClF2N4O. The van der Waals surface area contributed by atoms with Crippen molar-refractivity contribution in [2.75, 3.05) is 7.11 Å². The Labute approximate surface area is 147 Å². The van der Waals surface area contributed by atoms with Crippen LogP contribution in [0.4, 0.5) is 8.78 Å².